The molecule has 1 fully saturated rings. The fourth-order valence-corrected chi connectivity index (χ4v) is 1.58. The van der Waals surface area contributed by atoms with Gasteiger partial charge in [-0.1, -0.05) is 13.8 Å². The Hall–Kier alpha value is -1.40. The molecule has 6 nitrogen and oxygen atoms in total. The van der Waals surface area contributed by atoms with Crippen LogP contribution in [-0.4, -0.2) is 48.3 Å². The van der Waals surface area contributed by atoms with E-state index in [9.17, 15) is 9.59 Å². The topological polar surface area (TPSA) is 78.9 Å². The number of urea groups is 1. The number of rotatable bonds is 4. The summed E-state index contributed by atoms with van der Waals surface area (Å²) in [6, 6.07) is -0.346. The van der Waals surface area contributed by atoms with Gasteiger partial charge in [-0.15, -0.1) is 0 Å². The van der Waals surface area contributed by atoms with Crippen molar-refractivity contribution in [1.29, 1.82) is 0 Å². The van der Waals surface area contributed by atoms with Crippen molar-refractivity contribution in [2.24, 2.45) is 0 Å². The maximum Gasteiger partial charge on any atom is 0.323 e. The van der Waals surface area contributed by atoms with Crippen molar-refractivity contribution < 1.29 is 19.4 Å². The molecule has 0 aliphatic carbocycles. The van der Waals surface area contributed by atoms with Crippen LogP contribution in [0.2, 0.25) is 0 Å². The summed E-state index contributed by atoms with van der Waals surface area (Å²) in [6.07, 6.45) is 3.87. The van der Waals surface area contributed by atoms with E-state index >= 15 is 0 Å². The lowest BCUT2D eigenvalue weighted by Crippen LogP contribution is -2.41. The summed E-state index contributed by atoms with van der Waals surface area (Å²) in [7, 11) is 1.50. The van der Waals surface area contributed by atoms with Gasteiger partial charge in [-0.2, -0.15) is 0 Å². The van der Waals surface area contributed by atoms with Crippen LogP contribution < -0.4 is 5.32 Å². The molecule has 104 valence electrons. The SMILES string of the molecule is CC.CNC(=O)N(/C=C\C=O)C1CCC(CO)O1. The summed E-state index contributed by atoms with van der Waals surface area (Å²) in [4.78, 5) is 23.0. The molecule has 2 N–H and O–H groups in total. The highest BCUT2D eigenvalue weighted by molar-refractivity contribution is 5.76. The Morgan fingerprint density at radius 3 is 2.61 bits per heavy atom. The van der Waals surface area contributed by atoms with Crippen LogP contribution in [0.4, 0.5) is 4.79 Å². The smallest absolute Gasteiger partial charge is 0.323 e. The maximum atomic E-state index is 11.5. The van der Waals surface area contributed by atoms with Crippen LogP contribution in [0, 0.1) is 0 Å². The maximum absolute atomic E-state index is 11.5. The summed E-state index contributed by atoms with van der Waals surface area (Å²) in [6.45, 7) is 3.94. The molecule has 0 aromatic rings. The van der Waals surface area contributed by atoms with Crippen LogP contribution >= 0.6 is 0 Å². The molecule has 2 amide bonds. The predicted molar refractivity (Wildman–Crippen MR) is 67.8 cm³/mol. The van der Waals surface area contributed by atoms with Crippen LogP contribution in [0.1, 0.15) is 26.7 Å². The monoisotopic (exact) mass is 258 g/mol. The number of aliphatic hydroxyl groups is 1. The molecule has 0 saturated carbocycles. The van der Waals surface area contributed by atoms with Gasteiger partial charge in [-0.3, -0.25) is 9.69 Å². The van der Waals surface area contributed by atoms with E-state index in [-0.39, 0.29) is 18.7 Å². The molecular weight excluding hydrogens is 236 g/mol. The molecule has 6 heteroatoms. The van der Waals surface area contributed by atoms with Gasteiger partial charge in [0, 0.05) is 13.2 Å². The van der Waals surface area contributed by atoms with E-state index in [1.165, 1.54) is 24.2 Å². The molecule has 18 heavy (non-hydrogen) atoms. The molecule has 1 rings (SSSR count). The summed E-state index contributed by atoms with van der Waals surface area (Å²) in [5, 5.41) is 11.4. The van der Waals surface area contributed by atoms with Gasteiger partial charge in [0.15, 0.2) is 0 Å². The van der Waals surface area contributed by atoms with Crippen LogP contribution in [0.25, 0.3) is 0 Å². The van der Waals surface area contributed by atoms with Gasteiger partial charge < -0.3 is 15.2 Å². The molecule has 1 aliphatic heterocycles. The van der Waals surface area contributed by atoms with E-state index in [0.29, 0.717) is 19.1 Å². The van der Waals surface area contributed by atoms with Crippen molar-refractivity contribution >= 4 is 12.3 Å². The summed E-state index contributed by atoms with van der Waals surface area (Å²) < 4.78 is 5.44. The third kappa shape index (κ3) is 4.85. The van der Waals surface area contributed by atoms with Crippen molar-refractivity contribution in [3.63, 3.8) is 0 Å². The highest BCUT2D eigenvalue weighted by Crippen LogP contribution is 2.22. The Bertz CT molecular complexity index is 281. The van der Waals surface area contributed by atoms with Crippen molar-refractivity contribution in [2.75, 3.05) is 13.7 Å². The second kappa shape index (κ2) is 9.61. The number of nitrogens with one attached hydrogen (secondary N) is 1. The fourth-order valence-electron chi connectivity index (χ4n) is 1.58. The predicted octanol–water partition coefficient (Wildman–Crippen LogP) is 0.864. The highest BCUT2D eigenvalue weighted by atomic mass is 16.5. The van der Waals surface area contributed by atoms with Gasteiger partial charge in [0.25, 0.3) is 0 Å². The van der Waals surface area contributed by atoms with E-state index in [0.717, 1.165) is 0 Å². The van der Waals surface area contributed by atoms with Crippen molar-refractivity contribution in [3.8, 4) is 0 Å². The number of aliphatic hydroxyl groups excluding tert-OH is 1. The standard InChI is InChI=1S/C10H16N2O4.C2H6/c1-11-10(15)12(5-2-6-13)9-4-3-8(7-14)16-9;1-2/h2,5-6,8-9,14H,3-4,7H2,1H3,(H,11,15);1-2H3/b5-2-;. The zero-order chi connectivity index (χ0) is 14.0. The number of nitrogens with zero attached hydrogens (tertiary/aromatic N) is 1. The molecule has 0 radical (unpaired) electrons. The molecule has 0 spiro atoms. The molecule has 1 heterocycles. The first-order valence-electron chi connectivity index (χ1n) is 6.11. The molecule has 1 saturated heterocycles. The van der Waals surface area contributed by atoms with Gasteiger partial charge in [0.2, 0.25) is 0 Å². The second-order valence-electron chi connectivity index (χ2n) is 3.41. The molecule has 2 unspecified atom stereocenters. The number of amides is 2. The third-order valence-corrected chi connectivity index (χ3v) is 2.37. The van der Waals surface area contributed by atoms with Crippen LogP contribution in [-0.2, 0) is 9.53 Å². The summed E-state index contributed by atoms with van der Waals surface area (Å²) in [5.41, 5.74) is 0. The zero-order valence-electron chi connectivity index (χ0n) is 11.1. The largest absolute Gasteiger partial charge is 0.394 e. The average molecular weight is 258 g/mol. The fraction of sp³-hybridized carbons (Fsp3) is 0.667. The molecule has 1 aliphatic rings. The lowest BCUT2D eigenvalue weighted by molar-refractivity contribution is -0.104. The number of allylic oxidation sites excluding steroid dienone is 1. The first-order valence-corrected chi connectivity index (χ1v) is 6.11. The molecule has 0 aromatic heterocycles. The van der Waals surface area contributed by atoms with Crippen LogP contribution in [0.15, 0.2) is 12.3 Å². The minimum Gasteiger partial charge on any atom is -0.394 e. The number of aldehydes is 1. The molecule has 0 bridgehead atoms. The summed E-state index contributed by atoms with van der Waals surface area (Å²) in [5.74, 6) is 0. The normalized spacial score (nSPS) is 22.2. The van der Waals surface area contributed by atoms with E-state index in [2.05, 4.69) is 5.32 Å². The Balaban J connectivity index is 0.00000137. The molecule has 2 atom stereocenters. The Labute approximate surface area is 108 Å². The van der Waals surface area contributed by atoms with Gasteiger partial charge in [0.1, 0.15) is 12.5 Å². The highest BCUT2D eigenvalue weighted by Gasteiger charge is 2.30. The number of hydrogen-bond acceptors (Lipinski definition) is 4. The molecular formula is C12H22N2O4. The number of ether oxygens (including phenoxy) is 1. The number of hydrogen-bond donors (Lipinski definition) is 2. The van der Waals surface area contributed by atoms with E-state index < -0.39 is 6.23 Å². The Morgan fingerprint density at radius 2 is 2.17 bits per heavy atom. The second-order valence-corrected chi connectivity index (χ2v) is 3.41. The first-order chi connectivity index (χ1) is 8.72. The van der Waals surface area contributed by atoms with E-state index in [1.807, 2.05) is 13.8 Å². The Kier molecular flexibility index (Phi) is 8.86. The average Bonchev–Trinajstić information content (AvgIpc) is 2.90. The zero-order valence-corrected chi connectivity index (χ0v) is 11.1. The number of carbonyl (C=O) groups excluding carboxylic acids is 2. The number of carbonyl (C=O) groups is 2. The lowest BCUT2D eigenvalue weighted by Gasteiger charge is -2.24. The van der Waals surface area contributed by atoms with Gasteiger partial charge in [-0.25, -0.2) is 4.79 Å². The first kappa shape index (κ1) is 16.6. The molecule has 0 aromatic carbocycles. The van der Waals surface area contributed by atoms with Crippen LogP contribution in [0.3, 0.4) is 0 Å². The third-order valence-electron chi connectivity index (χ3n) is 2.37. The summed E-state index contributed by atoms with van der Waals surface area (Å²) >= 11 is 0. The van der Waals surface area contributed by atoms with Gasteiger partial charge >= 0.3 is 6.03 Å². The minimum absolute atomic E-state index is 0.0600. The Morgan fingerprint density at radius 1 is 1.50 bits per heavy atom. The van der Waals surface area contributed by atoms with Crippen molar-refractivity contribution in [3.05, 3.63) is 12.3 Å². The lowest BCUT2D eigenvalue weighted by atomic mass is 10.2. The van der Waals surface area contributed by atoms with E-state index in [1.54, 1.807) is 0 Å². The quantitative estimate of drug-likeness (QED) is 0.579. The van der Waals surface area contributed by atoms with E-state index in [4.69, 9.17) is 9.84 Å². The van der Waals surface area contributed by atoms with Crippen molar-refractivity contribution in [2.45, 2.75) is 39.0 Å². The van der Waals surface area contributed by atoms with Gasteiger partial charge in [0.05, 0.1) is 12.7 Å². The van der Waals surface area contributed by atoms with Gasteiger partial charge in [-0.05, 0) is 18.9 Å². The minimum atomic E-state index is -0.423. The van der Waals surface area contributed by atoms with Crippen LogP contribution in [0.5, 0.6) is 0 Å². The van der Waals surface area contributed by atoms with Crippen molar-refractivity contribution in [1.82, 2.24) is 10.2 Å².